The molecule has 0 bridgehead atoms. The second-order valence-corrected chi connectivity index (χ2v) is 4.00. The highest BCUT2D eigenvalue weighted by Crippen LogP contribution is 2.15. The molecule has 2 N–H and O–H groups in total. The summed E-state index contributed by atoms with van der Waals surface area (Å²) in [4.78, 5) is 11.8. The Labute approximate surface area is 89.1 Å². The molecule has 3 nitrogen and oxygen atoms in total. The molecule has 0 aromatic heterocycles. The average molecular weight is 205 g/mol. The van der Waals surface area contributed by atoms with Crippen LogP contribution in [0.5, 0.6) is 5.75 Å². The Morgan fingerprint density at radius 1 is 1.53 bits per heavy atom. The number of nitrogens with one attached hydrogen (secondary N) is 1. The molecule has 0 saturated carbocycles. The van der Waals surface area contributed by atoms with Crippen LogP contribution in [0.1, 0.15) is 12.0 Å². The average Bonchev–Trinajstić information content (AvgIpc) is 2.70. The molecule has 1 aromatic rings. The van der Waals surface area contributed by atoms with E-state index < -0.39 is 0 Å². The minimum atomic E-state index is 0.160. The first-order chi connectivity index (χ1) is 7.25. The molecule has 80 valence electrons. The fraction of sp³-hybridized carbons (Fsp3) is 0.417. The zero-order valence-corrected chi connectivity index (χ0v) is 8.57. The van der Waals surface area contributed by atoms with Crippen LogP contribution in [0.4, 0.5) is 0 Å². The van der Waals surface area contributed by atoms with Crippen LogP contribution in [0.3, 0.4) is 0 Å². The van der Waals surface area contributed by atoms with Gasteiger partial charge in [-0.05, 0) is 30.7 Å². The summed E-state index contributed by atoms with van der Waals surface area (Å²) in [5.74, 6) is 0.655. The molecule has 1 atom stereocenters. The summed E-state index contributed by atoms with van der Waals surface area (Å²) in [6, 6.07) is 6.91. The van der Waals surface area contributed by atoms with Crippen LogP contribution in [0.25, 0.3) is 0 Å². The minimum Gasteiger partial charge on any atom is -0.508 e. The molecule has 1 unspecified atom stereocenters. The SMILES string of the molecule is O=C(Cc1cccc(O)c1)C1CCNC1. The van der Waals surface area contributed by atoms with E-state index in [-0.39, 0.29) is 17.5 Å². The maximum atomic E-state index is 11.8. The second-order valence-electron chi connectivity index (χ2n) is 4.00. The molecule has 1 aliphatic heterocycles. The molecule has 3 heteroatoms. The lowest BCUT2D eigenvalue weighted by Crippen LogP contribution is -2.19. The molecule has 0 amide bonds. The van der Waals surface area contributed by atoms with Gasteiger partial charge in [0, 0.05) is 18.9 Å². The van der Waals surface area contributed by atoms with Crippen LogP contribution in [-0.4, -0.2) is 24.0 Å². The van der Waals surface area contributed by atoms with Crippen molar-refractivity contribution in [3.63, 3.8) is 0 Å². The smallest absolute Gasteiger partial charge is 0.141 e. The van der Waals surface area contributed by atoms with E-state index in [1.165, 1.54) is 0 Å². The highest BCUT2D eigenvalue weighted by molar-refractivity contribution is 5.83. The van der Waals surface area contributed by atoms with Gasteiger partial charge < -0.3 is 10.4 Å². The molecule has 1 heterocycles. The van der Waals surface area contributed by atoms with Crippen LogP contribution in [0.2, 0.25) is 0 Å². The zero-order valence-electron chi connectivity index (χ0n) is 8.57. The standard InChI is InChI=1S/C12H15NO2/c14-11-3-1-2-9(6-11)7-12(15)10-4-5-13-8-10/h1-3,6,10,13-14H,4-5,7-8H2. The molecule has 1 aliphatic rings. The number of carbonyl (C=O) groups is 1. The van der Waals surface area contributed by atoms with E-state index >= 15 is 0 Å². The Morgan fingerprint density at radius 3 is 3.07 bits per heavy atom. The highest BCUT2D eigenvalue weighted by atomic mass is 16.3. The molecular formula is C12H15NO2. The van der Waals surface area contributed by atoms with Gasteiger partial charge in [0.05, 0.1) is 0 Å². The number of benzene rings is 1. The van der Waals surface area contributed by atoms with Crippen molar-refractivity contribution in [1.82, 2.24) is 5.32 Å². The quantitative estimate of drug-likeness (QED) is 0.777. The third kappa shape index (κ3) is 2.57. The number of rotatable bonds is 3. The second kappa shape index (κ2) is 4.45. The van der Waals surface area contributed by atoms with Crippen molar-refractivity contribution in [3.8, 4) is 5.75 Å². The number of hydrogen-bond acceptors (Lipinski definition) is 3. The lowest BCUT2D eigenvalue weighted by Gasteiger charge is -2.07. The summed E-state index contributed by atoms with van der Waals surface area (Å²) in [5, 5.41) is 12.4. The van der Waals surface area contributed by atoms with Crippen LogP contribution >= 0.6 is 0 Å². The predicted molar refractivity (Wildman–Crippen MR) is 57.8 cm³/mol. The van der Waals surface area contributed by atoms with Gasteiger partial charge >= 0.3 is 0 Å². The van der Waals surface area contributed by atoms with E-state index in [1.54, 1.807) is 18.2 Å². The van der Waals surface area contributed by atoms with Gasteiger partial charge in [0.2, 0.25) is 0 Å². The van der Waals surface area contributed by atoms with Crippen LogP contribution in [-0.2, 0) is 11.2 Å². The first-order valence-corrected chi connectivity index (χ1v) is 5.27. The number of phenolic OH excluding ortho intramolecular Hbond substituents is 1. The maximum absolute atomic E-state index is 11.8. The topological polar surface area (TPSA) is 49.3 Å². The summed E-state index contributed by atoms with van der Waals surface area (Å²) in [5.41, 5.74) is 0.895. The summed E-state index contributed by atoms with van der Waals surface area (Å²) in [7, 11) is 0. The van der Waals surface area contributed by atoms with Gasteiger partial charge in [0.15, 0.2) is 0 Å². The fourth-order valence-corrected chi connectivity index (χ4v) is 1.94. The molecule has 1 aromatic carbocycles. The Balaban J connectivity index is 1.99. The minimum absolute atomic E-state index is 0.160. The first kappa shape index (κ1) is 10.2. The van der Waals surface area contributed by atoms with Gasteiger partial charge in [-0.2, -0.15) is 0 Å². The van der Waals surface area contributed by atoms with Gasteiger partial charge in [-0.15, -0.1) is 0 Å². The summed E-state index contributed by atoms with van der Waals surface area (Å²) >= 11 is 0. The van der Waals surface area contributed by atoms with E-state index in [9.17, 15) is 9.90 Å². The van der Waals surface area contributed by atoms with Crippen molar-refractivity contribution in [1.29, 1.82) is 0 Å². The number of hydrogen-bond donors (Lipinski definition) is 2. The maximum Gasteiger partial charge on any atom is 0.141 e. The van der Waals surface area contributed by atoms with Crippen LogP contribution in [0, 0.1) is 5.92 Å². The first-order valence-electron chi connectivity index (χ1n) is 5.27. The lowest BCUT2D eigenvalue weighted by atomic mass is 9.97. The Kier molecular flexibility index (Phi) is 3.02. The Hall–Kier alpha value is -1.35. The molecule has 0 radical (unpaired) electrons. The number of aromatic hydroxyl groups is 1. The predicted octanol–water partition coefficient (Wildman–Crippen LogP) is 1.11. The Morgan fingerprint density at radius 2 is 2.40 bits per heavy atom. The lowest BCUT2D eigenvalue weighted by molar-refractivity contribution is -0.121. The summed E-state index contributed by atoms with van der Waals surface area (Å²) in [6.07, 6.45) is 1.37. The van der Waals surface area contributed by atoms with E-state index in [4.69, 9.17) is 0 Å². The third-order valence-electron chi connectivity index (χ3n) is 2.80. The largest absolute Gasteiger partial charge is 0.508 e. The summed E-state index contributed by atoms with van der Waals surface area (Å²) < 4.78 is 0. The van der Waals surface area contributed by atoms with E-state index in [1.807, 2.05) is 6.07 Å². The molecular weight excluding hydrogens is 190 g/mol. The van der Waals surface area contributed by atoms with Crippen LogP contribution < -0.4 is 5.32 Å². The fourth-order valence-electron chi connectivity index (χ4n) is 1.94. The van der Waals surface area contributed by atoms with Crippen LogP contribution in [0.15, 0.2) is 24.3 Å². The zero-order chi connectivity index (χ0) is 10.7. The molecule has 0 aliphatic carbocycles. The monoisotopic (exact) mass is 205 g/mol. The van der Waals surface area contributed by atoms with Crippen molar-refractivity contribution in [2.75, 3.05) is 13.1 Å². The van der Waals surface area contributed by atoms with Crippen molar-refractivity contribution in [2.24, 2.45) is 5.92 Å². The number of carbonyl (C=O) groups excluding carboxylic acids is 1. The van der Waals surface area contributed by atoms with Gasteiger partial charge in [-0.25, -0.2) is 0 Å². The van der Waals surface area contributed by atoms with Gasteiger partial charge in [-0.1, -0.05) is 12.1 Å². The van der Waals surface area contributed by atoms with E-state index in [0.29, 0.717) is 6.42 Å². The van der Waals surface area contributed by atoms with E-state index in [0.717, 1.165) is 25.1 Å². The number of phenols is 1. The molecule has 15 heavy (non-hydrogen) atoms. The third-order valence-corrected chi connectivity index (χ3v) is 2.80. The van der Waals surface area contributed by atoms with Gasteiger partial charge in [0.1, 0.15) is 11.5 Å². The van der Waals surface area contributed by atoms with Crippen molar-refractivity contribution >= 4 is 5.78 Å². The summed E-state index contributed by atoms with van der Waals surface area (Å²) in [6.45, 7) is 1.74. The number of ketones is 1. The number of Topliss-reactive ketones (excluding diaryl/α,β-unsaturated/α-hetero) is 1. The van der Waals surface area contributed by atoms with Gasteiger partial charge in [-0.3, -0.25) is 4.79 Å². The van der Waals surface area contributed by atoms with Crippen molar-refractivity contribution in [3.05, 3.63) is 29.8 Å². The highest BCUT2D eigenvalue weighted by Gasteiger charge is 2.22. The normalized spacial score (nSPS) is 20.4. The molecule has 1 saturated heterocycles. The van der Waals surface area contributed by atoms with Crippen molar-refractivity contribution < 1.29 is 9.90 Å². The molecule has 1 fully saturated rings. The Bertz CT molecular complexity index is 356. The molecule has 0 spiro atoms. The van der Waals surface area contributed by atoms with Crippen molar-refractivity contribution in [2.45, 2.75) is 12.8 Å². The van der Waals surface area contributed by atoms with E-state index in [2.05, 4.69) is 5.32 Å². The van der Waals surface area contributed by atoms with Gasteiger partial charge in [0.25, 0.3) is 0 Å². The molecule has 2 rings (SSSR count).